The van der Waals surface area contributed by atoms with Gasteiger partial charge in [0.05, 0.1) is 4.90 Å². The van der Waals surface area contributed by atoms with E-state index in [-0.39, 0.29) is 9.88 Å². The van der Waals surface area contributed by atoms with Gasteiger partial charge < -0.3 is 5.73 Å². The van der Waals surface area contributed by atoms with Crippen molar-refractivity contribution in [3.8, 4) is 0 Å². The Bertz CT molecular complexity index is 796. The molecule has 4 nitrogen and oxygen atoms in total. The van der Waals surface area contributed by atoms with Crippen molar-refractivity contribution in [3.05, 3.63) is 51.7 Å². The highest BCUT2D eigenvalue weighted by Crippen LogP contribution is 2.28. The molecule has 2 aromatic rings. The lowest BCUT2D eigenvalue weighted by Gasteiger charge is -2.26. The first-order valence-electron chi connectivity index (χ1n) is 6.44. The van der Waals surface area contributed by atoms with E-state index in [0.717, 1.165) is 12.0 Å². The summed E-state index contributed by atoms with van der Waals surface area (Å²) in [6, 6.07) is 8.50. The van der Waals surface area contributed by atoms with Crippen LogP contribution in [-0.2, 0) is 23.0 Å². The number of sulfonamides is 1. The van der Waals surface area contributed by atoms with Crippen molar-refractivity contribution in [1.29, 1.82) is 0 Å². The molecule has 1 aromatic heterocycles. The highest BCUT2D eigenvalue weighted by Gasteiger charge is 2.28. The third-order valence-corrected chi connectivity index (χ3v) is 6.63. The van der Waals surface area contributed by atoms with E-state index in [4.69, 9.17) is 18.0 Å². The Kier molecular flexibility index (Phi) is 3.83. The molecule has 0 saturated carbocycles. The third-order valence-electron chi connectivity index (χ3n) is 3.53. The first kappa shape index (κ1) is 14.6. The Labute approximate surface area is 133 Å². The highest BCUT2D eigenvalue weighted by atomic mass is 32.2. The largest absolute Gasteiger partial charge is 0.389 e. The van der Waals surface area contributed by atoms with Crippen LogP contribution in [0, 0.1) is 0 Å². The van der Waals surface area contributed by atoms with Crippen molar-refractivity contribution < 1.29 is 8.42 Å². The molecule has 0 amide bonds. The average molecular weight is 338 g/mol. The molecule has 2 heterocycles. The summed E-state index contributed by atoms with van der Waals surface area (Å²) in [4.78, 5) is 1.72. The molecule has 110 valence electrons. The summed E-state index contributed by atoms with van der Waals surface area (Å²) in [7, 11) is -3.52. The van der Waals surface area contributed by atoms with Gasteiger partial charge in [0.15, 0.2) is 0 Å². The fourth-order valence-corrected chi connectivity index (χ4v) is 4.87. The van der Waals surface area contributed by atoms with Crippen LogP contribution in [0.3, 0.4) is 0 Å². The Morgan fingerprint density at radius 2 is 2.14 bits per heavy atom. The minimum absolute atomic E-state index is 0.200. The van der Waals surface area contributed by atoms with Gasteiger partial charge in [-0.05, 0) is 35.6 Å². The minimum Gasteiger partial charge on any atom is -0.389 e. The van der Waals surface area contributed by atoms with E-state index in [2.05, 4.69) is 0 Å². The van der Waals surface area contributed by atoms with Crippen LogP contribution in [0.25, 0.3) is 0 Å². The maximum atomic E-state index is 12.7. The average Bonchev–Trinajstić information content (AvgIpc) is 2.94. The monoisotopic (exact) mass is 338 g/mol. The summed E-state index contributed by atoms with van der Waals surface area (Å²) in [6.07, 6.45) is 0.765. The van der Waals surface area contributed by atoms with Crippen LogP contribution in [0.2, 0.25) is 0 Å². The molecule has 0 saturated heterocycles. The Morgan fingerprint density at radius 3 is 2.90 bits per heavy atom. The number of hydrogen-bond donors (Lipinski definition) is 1. The van der Waals surface area contributed by atoms with Crippen LogP contribution in [0.5, 0.6) is 0 Å². The number of nitrogens with zero attached hydrogens (tertiary/aromatic N) is 1. The van der Waals surface area contributed by atoms with Crippen LogP contribution in [0.15, 0.2) is 40.6 Å². The maximum Gasteiger partial charge on any atom is 0.243 e. The van der Waals surface area contributed by atoms with E-state index in [9.17, 15) is 8.42 Å². The summed E-state index contributed by atoms with van der Waals surface area (Å²) in [5.74, 6) is 0. The van der Waals surface area contributed by atoms with E-state index in [1.165, 1.54) is 9.18 Å². The quantitative estimate of drug-likeness (QED) is 0.871. The second-order valence-corrected chi connectivity index (χ2v) is 8.23. The predicted molar refractivity (Wildman–Crippen MR) is 87.9 cm³/mol. The Hall–Kier alpha value is -1.28. The van der Waals surface area contributed by atoms with Crippen molar-refractivity contribution in [2.45, 2.75) is 17.9 Å². The first-order chi connectivity index (χ1) is 9.98. The standard InChI is InChI=1S/C14H14N2O2S3/c15-14(19)10-2-1-3-12(8-10)21(17,18)16-6-4-13-11(9-16)5-7-20-13/h1-3,5,7-8H,4,6,9H2,(H2,15,19). The van der Waals surface area contributed by atoms with Gasteiger partial charge in [0, 0.05) is 23.5 Å². The maximum absolute atomic E-state index is 12.7. The summed E-state index contributed by atoms with van der Waals surface area (Å²) < 4.78 is 27.0. The fraction of sp³-hybridized carbons (Fsp3) is 0.214. The van der Waals surface area contributed by atoms with Crippen LogP contribution in [0.1, 0.15) is 16.0 Å². The molecule has 21 heavy (non-hydrogen) atoms. The summed E-state index contributed by atoms with van der Waals surface area (Å²) in [5.41, 5.74) is 7.24. The normalized spacial score (nSPS) is 15.6. The first-order valence-corrected chi connectivity index (χ1v) is 9.16. The molecular formula is C14H14N2O2S3. The van der Waals surface area contributed by atoms with Gasteiger partial charge >= 0.3 is 0 Å². The number of nitrogens with two attached hydrogens (primary N) is 1. The predicted octanol–water partition coefficient (Wildman–Crippen LogP) is 2.13. The van der Waals surface area contributed by atoms with Gasteiger partial charge in [-0.1, -0.05) is 24.4 Å². The van der Waals surface area contributed by atoms with E-state index >= 15 is 0 Å². The molecule has 0 fully saturated rings. The van der Waals surface area contributed by atoms with Crippen LogP contribution < -0.4 is 5.73 Å². The number of rotatable bonds is 3. The lowest BCUT2D eigenvalue weighted by Crippen LogP contribution is -2.35. The van der Waals surface area contributed by atoms with E-state index in [0.29, 0.717) is 18.7 Å². The molecule has 3 rings (SSSR count). The van der Waals surface area contributed by atoms with Gasteiger partial charge in [-0.3, -0.25) is 0 Å². The summed E-state index contributed by atoms with van der Waals surface area (Å²) in [5, 5.41) is 2.01. The van der Waals surface area contributed by atoms with Crippen molar-refractivity contribution in [3.63, 3.8) is 0 Å². The van der Waals surface area contributed by atoms with Gasteiger partial charge in [-0.2, -0.15) is 4.31 Å². The summed E-state index contributed by atoms with van der Waals surface area (Å²) >= 11 is 6.60. The van der Waals surface area contributed by atoms with Crippen molar-refractivity contribution >= 4 is 38.6 Å². The van der Waals surface area contributed by atoms with Crippen molar-refractivity contribution in [2.24, 2.45) is 5.73 Å². The highest BCUT2D eigenvalue weighted by molar-refractivity contribution is 7.89. The van der Waals surface area contributed by atoms with Gasteiger partial charge in [-0.25, -0.2) is 8.42 Å². The molecule has 7 heteroatoms. The molecule has 1 aliphatic rings. The lowest BCUT2D eigenvalue weighted by atomic mass is 10.1. The molecule has 0 spiro atoms. The van der Waals surface area contributed by atoms with Gasteiger partial charge in [-0.15, -0.1) is 11.3 Å². The molecule has 0 bridgehead atoms. The molecule has 1 aliphatic heterocycles. The minimum atomic E-state index is -3.52. The third kappa shape index (κ3) is 2.74. The Balaban J connectivity index is 1.94. The van der Waals surface area contributed by atoms with Gasteiger partial charge in [0.1, 0.15) is 4.99 Å². The van der Waals surface area contributed by atoms with Crippen LogP contribution >= 0.6 is 23.6 Å². The number of thiophene rings is 1. The van der Waals surface area contributed by atoms with Gasteiger partial charge in [0.2, 0.25) is 10.0 Å². The molecule has 0 aliphatic carbocycles. The van der Waals surface area contributed by atoms with Crippen molar-refractivity contribution in [2.75, 3.05) is 6.54 Å². The number of fused-ring (bicyclic) bond motifs is 1. The second kappa shape index (κ2) is 5.49. The zero-order valence-corrected chi connectivity index (χ0v) is 13.6. The molecule has 0 radical (unpaired) electrons. The number of hydrogen-bond acceptors (Lipinski definition) is 4. The van der Waals surface area contributed by atoms with E-state index in [1.807, 2.05) is 11.4 Å². The molecule has 0 unspecified atom stereocenters. The zero-order chi connectivity index (χ0) is 15.0. The van der Waals surface area contributed by atoms with Crippen LogP contribution in [-0.4, -0.2) is 24.3 Å². The number of benzene rings is 1. The van der Waals surface area contributed by atoms with E-state index < -0.39 is 10.0 Å². The molecule has 1 aromatic carbocycles. The lowest BCUT2D eigenvalue weighted by molar-refractivity contribution is 0.394. The second-order valence-electron chi connectivity index (χ2n) is 4.85. The fourth-order valence-electron chi connectivity index (χ4n) is 2.39. The molecule has 2 N–H and O–H groups in total. The van der Waals surface area contributed by atoms with E-state index in [1.54, 1.807) is 35.6 Å². The SMILES string of the molecule is NC(=S)c1cccc(S(=O)(=O)N2CCc3sccc3C2)c1. The molecular weight excluding hydrogens is 324 g/mol. The topological polar surface area (TPSA) is 63.4 Å². The Morgan fingerprint density at radius 1 is 1.33 bits per heavy atom. The summed E-state index contributed by atoms with van der Waals surface area (Å²) in [6.45, 7) is 0.936. The molecule has 0 atom stereocenters. The van der Waals surface area contributed by atoms with Crippen LogP contribution in [0.4, 0.5) is 0 Å². The smallest absolute Gasteiger partial charge is 0.243 e. The van der Waals surface area contributed by atoms with Gasteiger partial charge in [0.25, 0.3) is 0 Å². The number of thiocarbonyl (C=S) groups is 1. The van der Waals surface area contributed by atoms with Crippen molar-refractivity contribution in [1.82, 2.24) is 4.31 Å². The zero-order valence-electron chi connectivity index (χ0n) is 11.2.